The maximum atomic E-state index is 6.89. The van der Waals surface area contributed by atoms with E-state index in [1.807, 2.05) is 24.3 Å². The van der Waals surface area contributed by atoms with Gasteiger partial charge in [0.1, 0.15) is 21.7 Å². The highest BCUT2D eigenvalue weighted by Crippen LogP contribution is 2.29. The molecule has 3 N–H and O–H groups in total. The summed E-state index contributed by atoms with van der Waals surface area (Å²) in [5, 5.41) is 0. The van der Waals surface area contributed by atoms with E-state index in [1.165, 1.54) is 0 Å². The minimum absolute atomic E-state index is 0.760. The van der Waals surface area contributed by atoms with Crippen LogP contribution in [0.2, 0.25) is 0 Å². The third-order valence-electron chi connectivity index (χ3n) is 9.87. The predicted octanol–water partition coefficient (Wildman–Crippen LogP) is 7.83. The van der Waals surface area contributed by atoms with Gasteiger partial charge in [-0.3, -0.25) is 0 Å². The van der Waals surface area contributed by atoms with Gasteiger partial charge >= 0.3 is 0 Å². The number of furan rings is 2. The number of hydrogen-bond acceptors (Lipinski definition) is 2. The lowest BCUT2D eigenvalue weighted by atomic mass is 10.0. The molecular weight excluding hydrogens is 651 g/mol. The van der Waals surface area contributed by atoms with Gasteiger partial charge in [0.15, 0.2) is 0 Å². The summed E-state index contributed by atoms with van der Waals surface area (Å²) in [6, 6.07) is 62.7. The van der Waals surface area contributed by atoms with Crippen molar-refractivity contribution in [2.45, 2.75) is 0 Å². The van der Waals surface area contributed by atoms with Crippen LogP contribution < -0.4 is 21.7 Å². The molecule has 0 atom stereocenters. The van der Waals surface area contributed by atoms with Gasteiger partial charge in [-0.1, -0.05) is 121 Å². The Morgan fingerprint density at radius 1 is 0.226 bits per heavy atom. The summed E-state index contributed by atoms with van der Waals surface area (Å²) in [6.45, 7) is 0. The molecule has 0 radical (unpaired) electrons. The van der Waals surface area contributed by atoms with Crippen LogP contribution in [0, 0.1) is 0 Å². The molecule has 53 heavy (non-hydrogen) atoms. The van der Waals surface area contributed by atoms with Crippen molar-refractivity contribution >= 4 is 22.3 Å². The number of aromatic nitrogens is 3. The Hall–Kier alpha value is -7.24. The quantitative estimate of drug-likeness (QED) is 0.177. The van der Waals surface area contributed by atoms with E-state index in [4.69, 9.17) is 8.83 Å². The second-order valence-electron chi connectivity index (χ2n) is 13.1. The molecule has 5 heteroatoms. The van der Waals surface area contributed by atoms with Crippen molar-refractivity contribution in [1.82, 2.24) is 15.0 Å². The molecule has 0 unspecified atom stereocenters. The largest absolute Gasteiger partial charge is 0.456 e. The monoisotopic (exact) mass is 683 g/mol. The molecule has 9 aromatic rings. The van der Waals surface area contributed by atoms with Crippen LogP contribution in [0.5, 0.6) is 0 Å². The number of nitrogens with one attached hydrogen (secondary N) is 3. The Morgan fingerprint density at radius 2 is 0.453 bits per heavy atom. The molecule has 1 aliphatic heterocycles. The van der Waals surface area contributed by atoms with Crippen molar-refractivity contribution in [2.75, 3.05) is 0 Å². The Balaban J connectivity index is 1.33. The fraction of sp³-hybridized carbons (Fsp3) is 0. The summed E-state index contributed by atoms with van der Waals surface area (Å²) in [4.78, 5) is 11.2. The highest BCUT2D eigenvalue weighted by Gasteiger charge is 2.19. The Kier molecular flexibility index (Phi) is 7.40. The van der Waals surface area contributed by atoms with Crippen molar-refractivity contribution in [1.29, 1.82) is 0 Å². The van der Waals surface area contributed by atoms with Crippen LogP contribution >= 0.6 is 0 Å². The zero-order chi connectivity index (χ0) is 35.1. The van der Waals surface area contributed by atoms with Gasteiger partial charge in [-0.05, 0) is 82.9 Å². The molecule has 0 saturated heterocycles. The van der Waals surface area contributed by atoms with Gasteiger partial charge in [-0.15, -0.1) is 0 Å². The first-order valence-electron chi connectivity index (χ1n) is 17.8. The molecule has 0 spiro atoms. The van der Waals surface area contributed by atoms with E-state index < -0.39 is 0 Å². The first-order chi connectivity index (χ1) is 26.3. The summed E-state index contributed by atoms with van der Waals surface area (Å²) in [5.41, 5.74) is 16.8. The molecule has 0 amide bonds. The Labute approximate surface area is 305 Å². The lowest BCUT2D eigenvalue weighted by Gasteiger charge is -2.07. The van der Waals surface area contributed by atoms with E-state index in [0.29, 0.717) is 0 Å². The molecule has 1 aliphatic rings. The highest BCUT2D eigenvalue weighted by atomic mass is 16.3. The highest BCUT2D eigenvalue weighted by molar-refractivity contribution is 5.83. The number of aromatic amines is 3. The van der Waals surface area contributed by atoms with Crippen LogP contribution in [0.4, 0.5) is 0 Å². The summed E-state index contributed by atoms with van der Waals surface area (Å²) in [6.07, 6.45) is 0. The van der Waals surface area contributed by atoms with Crippen LogP contribution in [-0.2, 0) is 0 Å². The molecule has 10 rings (SSSR count). The van der Waals surface area contributed by atoms with Crippen molar-refractivity contribution in [3.8, 4) is 11.4 Å². The molecule has 0 aliphatic carbocycles. The van der Waals surface area contributed by atoms with Gasteiger partial charge in [0.25, 0.3) is 0 Å². The van der Waals surface area contributed by atoms with Crippen LogP contribution in [-0.4, -0.2) is 15.0 Å². The average Bonchev–Trinajstić information content (AvgIpc) is 4.07. The zero-order valence-electron chi connectivity index (χ0n) is 28.6. The van der Waals surface area contributed by atoms with E-state index >= 15 is 0 Å². The molecule has 0 saturated carbocycles. The molecule has 10 bridgehead atoms. The summed E-state index contributed by atoms with van der Waals surface area (Å²) in [7, 11) is 0. The number of H-pyrrole nitrogens is 3. The van der Waals surface area contributed by atoms with Crippen molar-refractivity contribution in [3.63, 3.8) is 0 Å². The van der Waals surface area contributed by atoms with Crippen LogP contribution in [0.3, 0.4) is 0 Å². The average molecular weight is 684 g/mol. The van der Waals surface area contributed by atoms with Crippen molar-refractivity contribution in [3.05, 3.63) is 249 Å². The third-order valence-corrected chi connectivity index (χ3v) is 9.87. The topological polar surface area (TPSA) is 73.7 Å². The molecule has 5 nitrogen and oxygen atoms in total. The molecule has 4 aromatic carbocycles. The predicted molar refractivity (Wildman–Crippen MR) is 210 cm³/mol. The van der Waals surface area contributed by atoms with Crippen molar-refractivity contribution in [2.24, 2.45) is 0 Å². The molecule has 6 heterocycles. The molecule has 252 valence electrons. The minimum Gasteiger partial charge on any atom is -0.456 e. The normalized spacial score (nSPS) is 15.8. The van der Waals surface area contributed by atoms with Gasteiger partial charge in [0.2, 0.25) is 0 Å². The van der Waals surface area contributed by atoms with E-state index in [9.17, 15) is 0 Å². The number of rotatable bonds is 4. The van der Waals surface area contributed by atoms with E-state index in [1.54, 1.807) is 0 Å². The van der Waals surface area contributed by atoms with Gasteiger partial charge in [-0.2, -0.15) is 0 Å². The standard InChI is InChI=1S/C48H33N3O2/c1-5-13-31(14-6-1)45-37-23-21-35(49-37)36-22-24-38(50-36)46(32-15-7-2-8-16-32)42-28-30-44(53-42)48(34-19-11-4-12-20-34)40-26-25-39(51-40)47(33-17-9-3-10-18-33)43-29-27-41(45)52-43/h1-30,49-51H/b36-35?,45-37?,45-41-,46-38?,46-42+,47-39?,47-43-,48-40?,48-44?. The molecular formula is C48H33N3O2. The number of fused-ring (bicyclic) bond motifs is 11. The zero-order valence-corrected chi connectivity index (χ0v) is 28.6. The smallest absolute Gasteiger partial charge is 0.137 e. The second-order valence-corrected chi connectivity index (χ2v) is 13.1. The van der Waals surface area contributed by atoms with E-state index in [0.717, 1.165) is 100 Å². The number of benzene rings is 4. The van der Waals surface area contributed by atoms with Crippen LogP contribution in [0.15, 0.2) is 191 Å². The Morgan fingerprint density at radius 3 is 0.717 bits per heavy atom. The fourth-order valence-corrected chi connectivity index (χ4v) is 7.44. The molecule has 0 fully saturated rings. The number of hydrogen-bond donors (Lipinski definition) is 3. The van der Waals surface area contributed by atoms with Gasteiger partial charge < -0.3 is 23.8 Å². The fourth-order valence-electron chi connectivity index (χ4n) is 7.44. The summed E-state index contributed by atoms with van der Waals surface area (Å²) in [5.74, 6) is 0. The summed E-state index contributed by atoms with van der Waals surface area (Å²) >= 11 is 0. The second kappa shape index (κ2) is 12.8. The van der Waals surface area contributed by atoms with Gasteiger partial charge in [-0.25, -0.2) is 0 Å². The van der Waals surface area contributed by atoms with Crippen LogP contribution in [0.1, 0.15) is 45.0 Å². The summed E-state index contributed by atoms with van der Waals surface area (Å²) < 4.78 is 13.8. The van der Waals surface area contributed by atoms with E-state index in [-0.39, 0.29) is 0 Å². The maximum Gasteiger partial charge on any atom is 0.137 e. The van der Waals surface area contributed by atoms with E-state index in [2.05, 4.69) is 173 Å². The maximum absolute atomic E-state index is 6.89. The lowest BCUT2D eigenvalue weighted by Crippen LogP contribution is -2.12. The first-order valence-corrected chi connectivity index (χ1v) is 17.8. The Bertz CT molecular complexity index is 2770. The molecule has 5 aromatic heterocycles. The van der Waals surface area contributed by atoms with Gasteiger partial charge in [0, 0.05) is 22.3 Å². The first kappa shape index (κ1) is 30.6. The van der Waals surface area contributed by atoms with Crippen molar-refractivity contribution < 1.29 is 8.83 Å². The SMILES string of the molecule is c1ccc(C2=c3cc/c(o3)=C(/c3ccccc3)c3ccc([nH]3)-c3ccc([nH]3)/C(c3ccccc3)=c3/cc/c(o3)=C(\c3ccccc3)c3ccc2[nH]3)cc1. The lowest BCUT2D eigenvalue weighted by molar-refractivity contribution is 0.498. The minimum atomic E-state index is 0.760. The van der Waals surface area contributed by atoms with Crippen LogP contribution in [0.25, 0.3) is 33.7 Å². The van der Waals surface area contributed by atoms with Gasteiger partial charge in [0.05, 0.1) is 34.2 Å². The third kappa shape index (κ3) is 5.52.